The number of rotatable bonds is 7. The van der Waals surface area contributed by atoms with Crippen LogP contribution in [0, 0.1) is 0 Å². The van der Waals surface area contributed by atoms with Crippen LogP contribution in [0.15, 0.2) is 83.4 Å². The zero-order chi connectivity index (χ0) is 26.2. The van der Waals surface area contributed by atoms with Gasteiger partial charge in [-0.25, -0.2) is 8.42 Å². The predicted octanol–water partition coefficient (Wildman–Crippen LogP) is 5.55. The maximum atomic E-state index is 11.8. The second-order valence-corrected chi connectivity index (χ2v) is 11.0. The number of nitrogens with one attached hydrogen (secondary N) is 2. The number of thiocarbonyl (C=S) groups is 1. The lowest BCUT2D eigenvalue weighted by atomic mass is 10.0. The van der Waals surface area contributed by atoms with Crippen molar-refractivity contribution in [2.24, 2.45) is 0 Å². The summed E-state index contributed by atoms with van der Waals surface area (Å²) in [7, 11) is -2.01. The van der Waals surface area contributed by atoms with Crippen LogP contribution in [0.1, 0.15) is 23.5 Å². The predicted molar refractivity (Wildman–Crippen MR) is 149 cm³/mol. The number of hydrogen-bond donors (Lipinski definition) is 2. The van der Waals surface area contributed by atoms with Gasteiger partial charge in [0.25, 0.3) is 0 Å². The summed E-state index contributed by atoms with van der Waals surface area (Å²) in [5.41, 5.74) is 2.71. The molecule has 8 nitrogen and oxygen atoms in total. The Balaban J connectivity index is 1.59. The Hall–Kier alpha value is -3.60. The van der Waals surface area contributed by atoms with Crippen LogP contribution in [-0.2, 0) is 10.0 Å². The van der Waals surface area contributed by atoms with E-state index < -0.39 is 10.0 Å². The number of nitrogens with zero attached hydrogens (tertiary/aromatic N) is 2. The highest BCUT2D eigenvalue weighted by molar-refractivity contribution is 7.92. The van der Waals surface area contributed by atoms with E-state index >= 15 is 0 Å². The van der Waals surface area contributed by atoms with Gasteiger partial charge < -0.3 is 19.4 Å². The third kappa shape index (κ3) is 5.27. The minimum atomic E-state index is -3.49. The molecule has 0 radical (unpaired) electrons. The van der Waals surface area contributed by atoms with Gasteiger partial charge in [-0.1, -0.05) is 17.7 Å². The molecule has 1 aliphatic rings. The van der Waals surface area contributed by atoms with Gasteiger partial charge in [-0.05, 0) is 72.9 Å². The number of halogens is 1. The zero-order valence-corrected chi connectivity index (χ0v) is 22.3. The maximum absolute atomic E-state index is 11.8. The van der Waals surface area contributed by atoms with E-state index in [0.717, 1.165) is 17.5 Å². The summed E-state index contributed by atoms with van der Waals surface area (Å²) in [4.78, 5) is 6.48. The van der Waals surface area contributed by atoms with Crippen LogP contribution in [0.4, 0.5) is 11.4 Å². The van der Waals surface area contributed by atoms with E-state index in [1.54, 1.807) is 24.4 Å². The van der Waals surface area contributed by atoms with Crippen molar-refractivity contribution in [1.29, 1.82) is 0 Å². The molecular weight excluding hydrogens is 532 g/mol. The monoisotopic (exact) mass is 554 g/mol. The minimum absolute atomic E-state index is 0.308. The lowest BCUT2D eigenvalue weighted by Crippen LogP contribution is -2.29. The molecular formula is C26H23ClN4O4S2. The third-order valence-corrected chi connectivity index (χ3v) is 7.06. The first-order chi connectivity index (χ1) is 17.7. The number of anilines is 2. The second kappa shape index (κ2) is 10.0. The van der Waals surface area contributed by atoms with Crippen molar-refractivity contribution < 1.29 is 17.6 Å². The number of furan rings is 1. The SMILES string of the molecule is COc1cc(N2C(=S)NC(c3ccccn3)C2c2ccc(-c3ccc(Cl)cc3)o2)ccc1NS(C)(=O)=O. The normalized spacial score (nSPS) is 17.5. The van der Waals surface area contributed by atoms with Crippen molar-refractivity contribution in [3.63, 3.8) is 0 Å². The average Bonchev–Trinajstić information content (AvgIpc) is 3.49. The third-order valence-electron chi connectivity index (χ3n) is 5.90. The Kier molecular flexibility index (Phi) is 6.80. The van der Waals surface area contributed by atoms with Gasteiger partial charge in [-0.2, -0.15) is 0 Å². The molecule has 0 spiro atoms. The minimum Gasteiger partial charge on any atom is -0.494 e. The fourth-order valence-corrected chi connectivity index (χ4v) is 5.36. The molecule has 0 bridgehead atoms. The van der Waals surface area contributed by atoms with Crippen LogP contribution in [0.2, 0.25) is 5.02 Å². The molecule has 2 unspecified atom stereocenters. The van der Waals surface area contributed by atoms with Gasteiger partial charge in [0.05, 0.1) is 30.8 Å². The smallest absolute Gasteiger partial charge is 0.229 e. The quantitative estimate of drug-likeness (QED) is 0.287. The molecule has 2 atom stereocenters. The van der Waals surface area contributed by atoms with E-state index in [-0.39, 0.29) is 12.1 Å². The standard InChI is InChI=1S/C26H23ClN4O4S2/c1-34-23-15-18(10-11-19(23)30-37(2,32)33)31-25(24(29-26(31)36)20-5-3-4-14-28-20)22-13-12-21(35-22)16-6-8-17(27)9-7-16/h3-15,24-25,30H,1-2H3,(H,29,36). The number of benzene rings is 2. The van der Waals surface area contributed by atoms with E-state index in [4.69, 9.17) is 33.0 Å². The molecule has 2 N–H and O–H groups in total. The van der Waals surface area contributed by atoms with Gasteiger partial charge in [0, 0.05) is 28.5 Å². The number of ether oxygens (including phenoxy) is 1. The summed E-state index contributed by atoms with van der Waals surface area (Å²) in [6.45, 7) is 0. The fourth-order valence-electron chi connectivity index (χ4n) is 4.32. The Morgan fingerprint density at radius 1 is 1.11 bits per heavy atom. The highest BCUT2D eigenvalue weighted by Crippen LogP contribution is 2.44. The summed E-state index contributed by atoms with van der Waals surface area (Å²) in [5.74, 6) is 1.71. The summed E-state index contributed by atoms with van der Waals surface area (Å²) >= 11 is 11.8. The van der Waals surface area contributed by atoms with Crippen molar-refractivity contribution in [2.75, 3.05) is 23.0 Å². The Labute approximate surface area is 225 Å². The van der Waals surface area contributed by atoms with Gasteiger partial charge in [-0.15, -0.1) is 0 Å². The summed E-state index contributed by atoms with van der Waals surface area (Å²) in [5, 5.41) is 4.49. The molecule has 2 aromatic carbocycles. The first kappa shape index (κ1) is 25.1. The number of pyridine rings is 1. The van der Waals surface area contributed by atoms with E-state index in [1.165, 1.54) is 7.11 Å². The molecule has 5 rings (SSSR count). The Bertz CT molecular complexity index is 1540. The van der Waals surface area contributed by atoms with Crippen LogP contribution in [0.25, 0.3) is 11.3 Å². The molecule has 37 heavy (non-hydrogen) atoms. The van der Waals surface area contributed by atoms with Gasteiger partial charge in [-0.3, -0.25) is 9.71 Å². The first-order valence-electron chi connectivity index (χ1n) is 11.3. The van der Waals surface area contributed by atoms with Crippen molar-refractivity contribution in [3.8, 4) is 17.1 Å². The highest BCUT2D eigenvalue weighted by atomic mass is 35.5. The van der Waals surface area contributed by atoms with Crippen LogP contribution in [0.5, 0.6) is 5.75 Å². The lowest BCUT2D eigenvalue weighted by molar-refractivity contribution is 0.416. The summed E-state index contributed by atoms with van der Waals surface area (Å²) < 4.78 is 37.9. The van der Waals surface area contributed by atoms with Gasteiger partial charge >= 0.3 is 0 Å². The molecule has 4 aromatic rings. The molecule has 2 aromatic heterocycles. The molecule has 0 aliphatic carbocycles. The highest BCUT2D eigenvalue weighted by Gasteiger charge is 2.42. The lowest BCUT2D eigenvalue weighted by Gasteiger charge is -2.26. The fraction of sp³-hybridized carbons (Fsp3) is 0.154. The molecule has 1 aliphatic heterocycles. The largest absolute Gasteiger partial charge is 0.494 e. The first-order valence-corrected chi connectivity index (χ1v) is 13.9. The van der Waals surface area contributed by atoms with Crippen LogP contribution in [0.3, 0.4) is 0 Å². The van der Waals surface area contributed by atoms with E-state index in [9.17, 15) is 8.42 Å². The van der Waals surface area contributed by atoms with Crippen LogP contribution >= 0.6 is 23.8 Å². The Morgan fingerprint density at radius 2 is 1.89 bits per heavy atom. The van der Waals surface area contributed by atoms with Gasteiger partial charge in [0.15, 0.2) is 5.11 Å². The van der Waals surface area contributed by atoms with Crippen molar-refractivity contribution in [1.82, 2.24) is 10.3 Å². The van der Waals surface area contributed by atoms with Crippen LogP contribution < -0.4 is 19.7 Å². The van der Waals surface area contributed by atoms with Gasteiger partial charge in [0.2, 0.25) is 10.0 Å². The van der Waals surface area contributed by atoms with E-state index in [0.29, 0.717) is 38.8 Å². The topological polar surface area (TPSA) is 96.7 Å². The maximum Gasteiger partial charge on any atom is 0.229 e. The molecule has 190 valence electrons. The number of hydrogen-bond acceptors (Lipinski definition) is 6. The number of methoxy groups -OCH3 is 1. The zero-order valence-electron chi connectivity index (χ0n) is 19.9. The summed E-state index contributed by atoms with van der Waals surface area (Å²) in [6, 6.07) is 21.4. The van der Waals surface area contributed by atoms with Crippen LogP contribution in [-0.4, -0.2) is 31.9 Å². The molecule has 0 amide bonds. The molecule has 11 heteroatoms. The molecule has 1 saturated heterocycles. The van der Waals surface area contributed by atoms with Crippen molar-refractivity contribution in [3.05, 3.63) is 95.5 Å². The van der Waals surface area contributed by atoms with Crippen molar-refractivity contribution in [2.45, 2.75) is 12.1 Å². The molecule has 3 heterocycles. The second-order valence-electron chi connectivity index (χ2n) is 8.46. The molecule has 0 saturated carbocycles. The average molecular weight is 555 g/mol. The Morgan fingerprint density at radius 3 is 2.57 bits per heavy atom. The number of aromatic nitrogens is 1. The molecule has 1 fully saturated rings. The van der Waals surface area contributed by atoms with Gasteiger partial charge in [0.1, 0.15) is 23.3 Å². The van der Waals surface area contributed by atoms with Crippen molar-refractivity contribution >= 4 is 50.3 Å². The summed E-state index contributed by atoms with van der Waals surface area (Å²) in [6.07, 6.45) is 2.82. The van der Waals surface area contributed by atoms with E-state index in [2.05, 4.69) is 15.0 Å². The van der Waals surface area contributed by atoms with E-state index in [1.807, 2.05) is 59.5 Å². The number of sulfonamides is 1.